The molecule has 0 aliphatic carbocycles. The van der Waals surface area contributed by atoms with Crippen LogP contribution in [0.15, 0.2) is 63.8 Å². The molecule has 0 amide bonds. The topological polar surface area (TPSA) is 57.9 Å². The van der Waals surface area contributed by atoms with Crippen molar-refractivity contribution in [1.82, 2.24) is 0 Å². The highest BCUT2D eigenvalue weighted by atomic mass is 16.7. The Hall–Kier alpha value is -2.63. The molecule has 0 radical (unpaired) electrons. The van der Waals surface area contributed by atoms with Gasteiger partial charge in [-0.2, -0.15) is 0 Å². The Morgan fingerprint density at radius 3 is 2.28 bits per heavy atom. The molecule has 0 spiro atoms. The molecule has 3 aromatic rings. The second-order valence-corrected chi connectivity index (χ2v) is 7.78. The minimum Gasteiger partial charge on any atom is -0.495 e. The van der Waals surface area contributed by atoms with Crippen molar-refractivity contribution >= 4 is 11.0 Å². The number of rotatable bonds is 5. The van der Waals surface area contributed by atoms with Gasteiger partial charge in [0.05, 0.1) is 30.3 Å². The molecule has 1 aliphatic rings. The molecule has 2 heterocycles. The first-order valence-electron chi connectivity index (χ1n) is 9.92. The van der Waals surface area contributed by atoms with Crippen LogP contribution in [0.25, 0.3) is 11.0 Å². The lowest BCUT2D eigenvalue weighted by molar-refractivity contribution is -0.165. The first-order valence-corrected chi connectivity index (χ1v) is 9.92. The molecule has 1 aliphatic heterocycles. The Morgan fingerprint density at radius 2 is 1.62 bits per heavy atom. The molecule has 2 aromatic carbocycles. The number of hydrogen-bond donors (Lipinski definition) is 0. The average molecular weight is 394 g/mol. The SMILES string of the molecule is COc1c([C@@H](CC2(C)O[C@@H](C)[C@H](C)O2)c2ccccc2)c(=O)oc2ccccc12. The molecule has 0 unspecified atom stereocenters. The summed E-state index contributed by atoms with van der Waals surface area (Å²) < 4.78 is 23.7. The predicted molar refractivity (Wildman–Crippen MR) is 111 cm³/mol. The van der Waals surface area contributed by atoms with Crippen molar-refractivity contribution in [2.24, 2.45) is 0 Å². The van der Waals surface area contributed by atoms with Gasteiger partial charge in [-0.1, -0.05) is 42.5 Å². The lowest BCUT2D eigenvalue weighted by Gasteiger charge is -2.29. The second kappa shape index (κ2) is 7.65. The van der Waals surface area contributed by atoms with E-state index in [2.05, 4.69) is 0 Å². The summed E-state index contributed by atoms with van der Waals surface area (Å²) in [6, 6.07) is 17.3. The van der Waals surface area contributed by atoms with E-state index in [-0.39, 0.29) is 18.1 Å². The largest absolute Gasteiger partial charge is 0.495 e. The van der Waals surface area contributed by atoms with E-state index in [9.17, 15) is 4.79 Å². The van der Waals surface area contributed by atoms with Gasteiger partial charge in [0.15, 0.2) is 5.79 Å². The van der Waals surface area contributed by atoms with Gasteiger partial charge in [0, 0.05) is 12.3 Å². The van der Waals surface area contributed by atoms with E-state index in [0.29, 0.717) is 23.3 Å². The monoisotopic (exact) mass is 394 g/mol. The molecule has 0 N–H and O–H groups in total. The normalized spacial score (nSPS) is 21.9. The number of ether oxygens (including phenoxy) is 3. The average Bonchev–Trinajstić information content (AvgIpc) is 2.97. The van der Waals surface area contributed by atoms with Gasteiger partial charge >= 0.3 is 5.63 Å². The fourth-order valence-electron chi connectivity index (χ4n) is 4.20. The Morgan fingerprint density at radius 1 is 1.00 bits per heavy atom. The first kappa shape index (κ1) is 19.7. The standard InChI is InChI=1S/C24H26O5/c1-15-16(2)29-24(3,28-15)14-19(17-10-6-5-7-11-17)21-22(26-4)18-12-8-9-13-20(18)27-23(21)25/h5-13,15-16,19H,14H2,1-4H3/t15-,16-,19-/m0/s1. The number of para-hydroxylation sites is 1. The summed E-state index contributed by atoms with van der Waals surface area (Å²) in [5.74, 6) is -0.592. The van der Waals surface area contributed by atoms with Crippen molar-refractivity contribution in [2.75, 3.05) is 7.11 Å². The van der Waals surface area contributed by atoms with Crippen LogP contribution >= 0.6 is 0 Å². The lowest BCUT2D eigenvalue weighted by atomic mass is 9.85. The highest BCUT2D eigenvalue weighted by Crippen LogP contribution is 2.42. The van der Waals surface area contributed by atoms with Gasteiger partial charge in [-0.15, -0.1) is 0 Å². The molecule has 3 atom stereocenters. The molecule has 0 bridgehead atoms. The summed E-state index contributed by atoms with van der Waals surface area (Å²) in [5, 5.41) is 0.769. The van der Waals surface area contributed by atoms with E-state index in [1.54, 1.807) is 13.2 Å². The molecule has 5 heteroatoms. The van der Waals surface area contributed by atoms with Crippen LogP contribution in [0, 0.1) is 0 Å². The first-order chi connectivity index (χ1) is 13.9. The molecule has 1 fully saturated rings. The van der Waals surface area contributed by atoms with Crippen molar-refractivity contribution in [2.45, 2.75) is 51.1 Å². The minimum absolute atomic E-state index is 0.0219. The van der Waals surface area contributed by atoms with E-state index in [4.69, 9.17) is 18.6 Å². The zero-order chi connectivity index (χ0) is 20.6. The molecular weight excluding hydrogens is 368 g/mol. The lowest BCUT2D eigenvalue weighted by Crippen LogP contribution is -2.31. The third kappa shape index (κ3) is 3.68. The predicted octanol–water partition coefficient (Wildman–Crippen LogP) is 4.86. The maximum absolute atomic E-state index is 13.1. The van der Waals surface area contributed by atoms with Gasteiger partial charge in [-0.25, -0.2) is 4.79 Å². The number of methoxy groups -OCH3 is 1. The smallest absolute Gasteiger partial charge is 0.343 e. The Kier molecular flexibility index (Phi) is 5.19. The number of fused-ring (bicyclic) bond motifs is 1. The van der Waals surface area contributed by atoms with Crippen LogP contribution in [-0.4, -0.2) is 25.1 Å². The van der Waals surface area contributed by atoms with Gasteiger partial charge in [0.1, 0.15) is 11.3 Å². The summed E-state index contributed by atoms with van der Waals surface area (Å²) >= 11 is 0. The third-order valence-corrected chi connectivity index (χ3v) is 5.66. The van der Waals surface area contributed by atoms with Gasteiger partial charge in [0.2, 0.25) is 0 Å². The van der Waals surface area contributed by atoms with Crippen molar-refractivity contribution in [3.8, 4) is 5.75 Å². The molecular formula is C24H26O5. The zero-order valence-electron chi connectivity index (χ0n) is 17.2. The maximum atomic E-state index is 13.1. The van der Waals surface area contributed by atoms with Crippen LogP contribution < -0.4 is 10.4 Å². The quantitative estimate of drug-likeness (QED) is 0.578. The minimum atomic E-state index is -0.817. The van der Waals surface area contributed by atoms with Gasteiger partial charge in [-0.05, 0) is 38.5 Å². The summed E-state index contributed by atoms with van der Waals surface area (Å²) in [7, 11) is 1.58. The van der Waals surface area contributed by atoms with E-state index in [1.165, 1.54) is 0 Å². The van der Waals surface area contributed by atoms with Crippen molar-refractivity contribution in [1.29, 1.82) is 0 Å². The molecule has 1 aromatic heterocycles. The van der Waals surface area contributed by atoms with Gasteiger partial charge in [0.25, 0.3) is 0 Å². The van der Waals surface area contributed by atoms with Gasteiger partial charge in [-0.3, -0.25) is 0 Å². The van der Waals surface area contributed by atoms with E-state index in [0.717, 1.165) is 10.9 Å². The number of benzene rings is 2. The molecule has 29 heavy (non-hydrogen) atoms. The van der Waals surface area contributed by atoms with E-state index >= 15 is 0 Å². The molecule has 1 saturated heterocycles. The van der Waals surface area contributed by atoms with E-state index in [1.807, 2.05) is 69.3 Å². The molecule has 152 valence electrons. The summed E-state index contributed by atoms with van der Waals surface area (Å²) in [6.45, 7) is 5.93. The summed E-state index contributed by atoms with van der Waals surface area (Å²) in [6.07, 6.45) is 0.420. The van der Waals surface area contributed by atoms with Crippen LogP contribution in [0.1, 0.15) is 44.2 Å². The van der Waals surface area contributed by atoms with Gasteiger partial charge < -0.3 is 18.6 Å². The highest BCUT2D eigenvalue weighted by molar-refractivity contribution is 5.84. The summed E-state index contributed by atoms with van der Waals surface area (Å²) in [5.41, 5.74) is 1.57. The van der Waals surface area contributed by atoms with E-state index < -0.39 is 11.4 Å². The Labute approximate surface area is 170 Å². The molecule has 0 saturated carbocycles. The van der Waals surface area contributed by atoms with Crippen LogP contribution in [0.3, 0.4) is 0 Å². The van der Waals surface area contributed by atoms with Crippen LogP contribution in [0.4, 0.5) is 0 Å². The van der Waals surface area contributed by atoms with Crippen molar-refractivity contribution < 1.29 is 18.6 Å². The number of hydrogen-bond acceptors (Lipinski definition) is 5. The van der Waals surface area contributed by atoms with Crippen LogP contribution in [-0.2, 0) is 9.47 Å². The molecule has 5 nitrogen and oxygen atoms in total. The second-order valence-electron chi connectivity index (χ2n) is 7.78. The van der Waals surface area contributed by atoms with Crippen molar-refractivity contribution in [3.63, 3.8) is 0 Å². The fourth-order valence-corrected chi connectivity index (χ4v) is 4.20. The van der Waals surface area contributed by atoms with Crippen molar-refractivity contribution in [3.05, 3.63) is 76.1 Å². The Balaban J connectivity index is 1.89. The maximum Gasteiger partial charge on any atom is 0.343 e. The summed E-state index contributed by atoms with van der Waals surface area (Å²) in [4.78, 5) is 13.1. The Bertz CT molecular complexity index is 1050. The third-order valence-electron chi connectivity index (χ3n) is 5.66. The van der Waals surface area contributed by atoms with Crippen LogP contribution in [0.5, 0.6) is 5.75 Å². The molecule has 4 rings (SSSR count). The highest BCUT2D eigenvalue weighted by Gasteiger charge is 2.43. The van der Waals surface area contributed by atoms with Crippen LogP contribution in [0.2, 0.25) is 0 Å². The zero-order valence-corrected chi connectivity index (χ0v) is 17.2. The fraction of sp³-hybridized carbons (Fsp3) is 0.375.